The van der Waals surface area contributed by atoms with Crippen LogP contribution in [0.4, 0.5) is 15.3 Å². The number of carbonyl (C=O) groups excluding carboxylic acids is 4. The van der Waals surface area contributed by atoms with E-state index in [1.54, 1.807) is 54.8 Å². The van der Waals surface area contributed by atoms with Crippen LogP contribution < -0.4 is 21.3 Å². The summed E-state index contributed by atoms with van der Waals surface area (Å²) in [6, 6.07) is 5.56. The molecule has 208 valence electrons. The summed E-state index contributed by atoms with van der Waals surface area (Å²) in [7, 11) is 1.99. The van der Waals surface area contributed by atoms with Crippen LogP contribution in [0.2, 0.25) is 0 Å². The summed E-state index contributed by atoms with van der Waals surface area (Å²) in [4.78, 5) is 59.2. The molecule has 0 unspecified atom stereocenters. The molecule has 13 heteroatoms. The van der Waals surface area contributed by atoms with Crippen molar-refractivity contribution in [3.05, 3.63) is 29.8 Å². The zero-order chi connectivity index (χ0) is 27.9. The van der Waals surface area contributed by atoms with Gasteiger partial charge in [-0.1, -0.05) is 5.16 Å². The van der Waals surface area contributed by atoms with Crippen LogP contribution in [-0.4, -0.2) is 97.6 Å². The third-order valence-corrected chi connectivity index (χ3v) is 6.00. The summed E-state index contributed by atoms with van der Waals surface area (Å²) >= 11 is 0. The minimum atomic E-state index is -0.683. The number of benzene rings is 1. The summed E-state index contributed by atoms with van der Waals surface area (Å²) in [5.41, 5.74) is 6.55. The number of amides is 4. The third-order valence-electron chi connectivity index (χ3n) is 6.00. The molecule has 0 saturated carbocycles. The first-order valence-electron chi connectivity index (χ1n) is 12.6. The number of oxime groups is 1. The first-order chi connectivity index (χ1) is 17.9. The second-order valence-electron chi connectivity index (χ2n) is 10.2. The molecule has 0 spiro atoms. The molecule has 3 rings (SSSR count). The van der Waals surface area contributed by atoms with E-state index in [-0.39, 0.29) is 24.7 Å². The first kappa shape index (κ1) is 28.7. The lowest BCUT2D eigenvalue weighted by molar-refractivity contribution is -0.154. The largest absolute Gasteiger partial charge is 0.460 e. The van der Waals surface area contributed by atoms with E-state index >= 15 is 0 Å². The van der Waals surface area contributed by atoms with E-state index in [1.807, 2.05) is 7.05 Å². The summed E-state index contributed by atoms with van der Waals surface area (Å²) < 4.78 is 5.20. The average molecular weight is 532 g/mol. The van der Waals surface area contributed by atoms with E-state index in [0.717, 1.165) is 13.1 Å². The van der Waals surface area contributed by atoms with Crippen molar-refractivity contribution in [2.24, 2.45) is 10.9 Å². The number of rotatable bonds is 7. The molecule has 1 aromatic rings. The van der Waals surface area contributed by atoms with Gasteiger partial charge in [0.15, 0.2) is 5.84 Å². The van der Waals surface area contributed by atoms with Crippen LogP contribution in [0.1, 0.15) is 39.2 Å². The quantitative estimate of drug-likeness (QED) is 0.153. The molecule has 2 heterocycles. The number of esters is 1. The van der Waals surface area contributed by atoms with Gasteiger partial charge in [-0.15, -0.1) is 0 Å². The molecule has 0 radical (unpaired) electrons. The number of nitrogens with zero attached hydrogens (tertiary/aromatic N) is 4. The highest BCUT2D eigenvalue weighted by Crippen LogP contribution is 2.22. The number of urea groups is 1. The lowest BCUT2D eigenvalue weighted by Gasteiger charge is -2.30. The Balaban J connectivity index is 1.46. The number of amidine groups is 1. The Bertz CT molecular complexity index is 1050. The molecule has 2 aliphatic rings. The van der Waals surface area contributed by atoms with Gasteiger partial charge in [0.2, 0.25) is 5.91 Å². The van der Waals surface area contributed by atoms with Crippen molar-refractivity contribution >= 4 is 35.5 Å². The van der Waals surface area contributed by atoms with Crippen molar-refractivity contribution in [3.8, 4) is 0 Å². The van der Waals surface area contributed by atoms with E-state index in [9.17, 15) is 19.2 Å². The Morgan fingerprint density at radius 3 is 2.37 bits per heavy atom. The van der Waals surface area contributed by atoms with Gasteiger partial charge in [-0.2, -0.15) is 0 Å². The topological polar surface area (TPSA) is 159 Å². The first-order valence-corrected chi connectivity index (χ1v) is 12.6. The molecule has 0 aromatic heterocycles. The molecular formula is C25H37N7O6. The molecule has 1 atom stereocenters. The predicted molar refractivity (Wildman–Crippen MR) is 140 cm³/mol. The molecule has 0 aliphatic carbocycles. The Hall–Kier alpha value is -3.87. The Morgan fingerprint density at radius 2 is 1.74 bits per heavy atom. The monoisotopic (exact) mass is 531 g/mol. The number of nitrogens with one attached hydrogen (secondary N) is 2. The molecule has 2 saturated heterocycles. The van der Waals surface area contributed by atoms with E-state index in [1.165, 1.54) is 0 Å². The lowest BCUT2D eigenvalue weighted by Crippen LogP contribution is -2.47. The van der Waals surface area contributed by atoms with E-state index in [0.29, 0.717) is 37.3 Å². The van der Waals surface area contributed by atoms with Crippen molar-refractivity contribution in [1.29, 1.82) is 0 Å². The molecule has 2 fully saturated rings. The number of nitrogens with two attached hydrogens (primary N) is 1. The Morgan fingerprint density at radius 1 is 1.08 bits per heavy atom. The van der Waals surface area contributed by atoms with E-state index in [2.05, 4.69) is 20.7 Å². The summed E-state index contributed by atoms with van der Waals surface area (Å²) in [6.07, 6.45) is -0.0809. The molecule has 13 nitrogen and oxygen atoms in total. The second kappa shape index (κ2) is 12.6. The van der Waals surface area contributed by atoms with Crippen LogP contribution in [0.3, 0.4) is 0 Å². The zero-order valence-corrected chi connectivity index (χ0v) is 22.4. The summed E-state index contributed by atoms with van der Waals surface area (Å²) in [6.45, 7) is 8.48. The van der Waals surface area contributed by atoms with Crippen molar-refractivity contribution < 1.29 is 28.8 Å². The molecule has 38 heavy (non-hydrogen) atoms. The number of ether oxygens (including phenoxy) is 1. The highest BCUT2D eigenvalue weighted by Gasteiger charge is 2.33. The third kappa shape index (κ3) is 8.33. The number of piperazine rings is 1. The number of anilines is 1. The molecule has 1 aromatic carbocycles. The molecule has 2 aliphatic heterocycles. The molecule has 4 N–H and O–H groups in total. The Labute approximate surface area is 222 Å². The second-order valence-corrected chi connectivity index (χ2v) is 10.2. The van der Waals surface area contributed by atoms with Gasteiger partial charge in [0, 0.05) is 50.5 Å². The van der Waals surface area contributed by atoms with Gasteiger partial charge >= 0.3 is 18.1 Å². The lowest BCUT2D eigenvalue weighted by atomic mass is 10.2. The highest BCUT2D eigenvalue weighted by atomic mass is 16.7. The smallest absolute Gasteiger partial charge is 0.436 e. The highest BCUT2D eigenvalue weighted by molar-refractivity contribution is 6.02. The van der Waals surface area contributed by atoms with Crippen LogP contribution in [0, 0.1) is 0 Å². The van der Waals surface area contributed by atoms with Gasteiger partial charge in [0.1, 0.15) is 11.6 Å². The number of hydrogen-bond acceptors (Lipinski definition) is 8. The summed E-state index contributed by atoms with van der Waals surface area (Å²) in [5.74, 6) is -0.625. The fourth-order valence-corrected chi connectivity index (χ4v) is 3.95. The Kier molecular flexibility index (Phi) is 9.50. The minimum Gasteiger partial charge on any atom is -0.460 e. The SMILES string of the molecule is CN1CCN(C(=O)ON=C(N)c2ccc(N3CC[C@H](NC(=O)NCCC(=O)OC(C)(C)C)C3=O)cc2)CC1. The van der Waals surface area contributed by atoms with Crippen molar-refractivity contribution in [1.82, 2.24) is 20.4 Å². The maximum Gasteiger partial charge on any atom is 0.436 e. The molecular weight excluding hydrogens is 494 g/mol. The number of hydrogen-bond donors (Lipinski definition) is 3. The van der Waals surface area contributed by atoms with Gasteiger partial charge in [-0.3, -0.25) is 14.4 Å². The minimum absolute atomic E-state index is 0.0310. The van der Waals surface area contributed by atoms with Crippen molar-refractivity contribution in [3.63, 3.8) is 0 Å². The fraction of sp³-hybridized carbons (Fsp3) is 0.560. The molecule has 0 bridgehead atoms. The van der Waals surface area contributed by atoms with Crippen LogP contribution in [-0.2, 0) is 19.2 Å². The van der Waals surface area contributed by atoms with Gasteiger partial charge in [0.05, 0.1) is 6.42 Å². The maximum atomic E-state index is 12.8. The van der Waals surface area contributed by atoms with E-state index in [4.69, 9.17) is 15.3 Å². The normalized spacial score (nSPS) is 18.8. The van der Waals surface area contributed by atoms with Crippen molar-refractivity contribution in [2.75, 3.05) is 51.2 Å². The van der Waals surface area contributed by atoms with Gasteiger partial charge in [0.25, 0.3) is 0 Å². The van der Waals surface area contributed by atoms with Crippen LogP contribution >= 0.6 is 0 Å². The number of likely N-dealkylation sites (N-methyl/N-ethyl adjacent to an activating group) is 1. The molecule has 4 amide bonds. The predicted octanol–water partition coefficient (Wildman–Crippen LogP) is 0.827. The van der Waals surface area contributed by atoms with Gasteiger partial charge in [-0.25, -0.2) is 9.59 Å². The average Bonchev–Trinajstić information content (AvgIpc) is 3.21. The summed E-state index contributed by atoms with van der Waals surface area (Å²) in [5, 5.41) is 8.98. The van der Waals surface area contributed by atoms with E-state index < -0.39 is 29.7 Å². The number of carbonyl (C=O) groups is 4. The van der Waals surface area contributed by atoms with Gasteiger partial charge < -0.3 is 35.8 Å². The fourth-order valence-electron chi connectivity index (χ4n) is 3.95. The van der Waals surface area contributed by atoms with Crippen molar-refractivity contribution in [2.45, 2.75) is 45.3 Å². The van der Waals surface area contributed by atoms with Crippen LogP contribution in [0.15, 0.2) is 29.4 Å². The van der Waals surface area contributed by atoms with Crippen LogP contribution in [0.5, 0.6) is 0 Å². The zero-order valence-electron chi connectivity index (χ0n) is 22.4. The standard InChI is InChI=1S/C25H37N7O6/c1-25(2,3)37-20(33)9-11-27-23(35)28-19-10-12-32(22(19)34)18-7-5-17(6-8-18)21(26)29-38-24(36)31-15-13-30(4)14-16-31/h5-8,19H,9-16H2,1-4H3,(H2,26,29)(H2,27,28,35)/t19-/m0/s1. The van der Waals surface area contributed by atoms with Gasteiger partial charge in [-0.05, 0) is 58.5 Å². The maximum absolute atomic E-state index is 12.8. The van der Waals surface area contributed by atoms with Crippen LogP contribution in [0.25, 0.3) is 0 Å².